The van der Waals surface area contributed by atoms with E-state index in [0.29, 0.717) is 0 Å². The molecule has 2 atom stereocenters. The quantitative estimate of drug-likeness (QED) is 0.749. The molecule has 2 fully saturated rings. The van der Waals surface area contributed by atoms with Gasteiger partial charge in [-0.15, -0.1) is 0 Å². The predicted molar refractivity (Wildman–Crippen MR) is 78.9 cm³/mol. The average Bonchev–Trinajstić information content (AvgIpc) is 3.05. The van der Waals surface area contributed by atoms with Crippen molar-refractivity contribution in [2.45, 2.75) is 70.9 Å². The molecule has 2 saturated heterocycles. The number of rotatable bonds is 6. The van der Waals surface area contributed by atoms with Crippen LogP contribution in [0.3, 0.4) is 0 Å². The van der Waals surface area contributed by atoms with Crippen molar-refractivity contribution in [3.63, 3.8) is 0 Å². The molecule has 0 aliphatic carbocycles. The highest BCUT2D eigenvalue weighted by Crippen LogP contribution is 2.26. The van der Waals surface area contributed by atoms with Crippen LogP contribution in [0.5, 0.6) is 0 Å². The molecule has 0 radical (unpaired) electrons. The van der Waals surface area contributed by atoms with Gasteiger partial charge in [0.1, 0.15) is 0 Å². The minimum absolute atomic E-state index is 0.141. The van der Waals surface area contributed by atoms with Crippen molar-refractivity contribution in [1.29, 1.82) is 5.26 Å². The summed E-state index contributed by atoms with van der Waals surface area (Å²) in [5, 5.41) is 12.7. The summed E-state index contributed by atoms with van der Waals surface area (Å²) >= 11 is 0. The first-order valence-electron chi connectivity index (χ1n) is 8.01. The SMILES string of the molecule is CC(C)(C#N)CCCCN1CCCC1C1CCCN1. The Labute approximate surface area is 118 Å². The van der Waals surface area contributed by atoms with E-state index >= 15 is 0 Å². The van der Waals surface area contributed by atoms with Gasteiger partial charge < -0.3 is 5.32 Å². The largest absolute Gasteiger partial charge is 0.312 e. The van der Waals surface area contributed by atoms with Gasteiger partial charge in [0.2, 0.25) is 0 Å². The number of likely N-dealkylation sites (tertiary alicyclic amines) is 1. The van der Waals surface area contributed by atoms with Crippen LogP contribution in [-0.4, -0.2) is 36.6 Å². The molecule has 2 unspecified atom stereocenters. The van der Waals surface area contributed by atoms with E-state index in [0.717, 1.165) is 18.5 Å². The molecule has 2 rings (SSSR count). The number of nitrogens with zero attached hydrogens (tertiary/aromatic N) is 2. The normalized spacial score (nSPS) is 28.7. The minimum Gasteiger partial charge on any atom is -0.312 e. The van der Waals surface area contributed by atoms with Gasteiger partial charge in [0, 0.05) is 12.1 Å². The zero-order valence-electron chi connectivity index (χ0n) is 12.6. The van der Waals surface area contributed by atoms with E-state index in [1.54, 1.807) is 0 Å². The lowest BCUT2D eigenvalue weighted by molar-refractivity contribution is 0.208. The fraction of sp³-hybridized carbons (Fsp3) is 0.938. The molecule has 108 valence electrons. The lowest BCUT2D eigenvalue weighted by Gasteiger charge is -2.29. The number of hydrogen-bond donors (Lipinski definition) is 1. The number of unbranched alkanes of at least 4 members (excludes halogenated alkanes) is 1. The number of nitriles is 1. The Hall–Kier alpha value is -0.590. The van der Waals surface area contributed by atoms with Crippen LogP contribution in [0.15, 0.2) is 0 Å². The van der Waals surface area contributed by atoms with Crippen molar-refractivity contribution < 1.29 is 0 Å². The Morgan fingerprint density at radius 1 is 1.26 bits per heavy atom. The van der Waals surface area contributed by atoms with Crippen LogP contribution in [0.1, 0.15) is 58.8 Å². The second-order valence-electron chi connectivity index (χ2n) is 6.90. The molecule has 0 amide bonds. The molecule has 0 aromatic heterocycles. The average molecular weight is 263 g/mol. The predicted octanol–water partition coefficient (Wildman–Crippen LogP) is 2.92. The minimum atomic E-state index is -0.141. The molecule has 0 saturated carbocycles. The summed E-state index contributed by atoms with van der Waals surface area (Å²) in [4.78, 5) is 2.70. The second-order valence-corrected chi connectivity index (χ2v) is 6.90. The molecule has 19 heavy (non-hydrogen) atoms. The Kier molecular flexibility index (Phi) is 5.24. The third-order valence-corrected chi connectivity index (χ3v) is 4.78. The highest BCUT2D eigenvalue weighted by molar-refractivity contribution is 4.93. The van der Waals surface area contributed by atoms with Crippen molar-refractivity contribution in [3.8, 4) is 6.07 Å². The standard InChI is InChI=1S/C16H29N3/c1-16(2,13-17)9-3-4-11-19-12-6-8-15(19)14-7-5-10-18-14/h14-15,18H,3-12H2,1-2H3. The summed E-state index contributed by atoms with van der Waals surface area (Å²) < 4.78 is 0. The smallest absolute Gasteiger partial charge is 0.0683 e. The molecule has 1 N–H and O–H groups in total. The lowest BCUT2D eigenvalue weighted by atomic mass is 9.89. The summed E-state index contributed by atoms with van der Waals surface area (Å²) in [6.07, 6.45) is 8.92. The summed E-state index contributed by atoms with van der Waals surface area (Å²) in [6.45, 7) is 7.82. The van der Waals surface area contributed by atoms with Crippen LogP contribution in [0.2, 0.25) is 0 Å². The van der Waals surface area contributed by atoms with Crippen LogP contribution < -0.4 is 5.32 Å². The fourth-order valence-corrected chi connectivity index (χ4v) is 3.56. The number of nitrogens with one attached hydrogen (secondary N) is 1. The molecule has 0 bridgehead atoms. The van der Waals surface area contributed by atoms with Gasteiger partial charge in [-0.05, 0) is 72.0 Å². The van der Waals surface area contributed by atoms with Gasteiger partial charge >= 0.3 is 0 Å². The van der Waals surface area contributed by atoms with Crippen LogP contribution in [-0.2, 0) is 0 Å². The van der Waals surface area contributed by atoms with Gasteiger partial charge in [0.05, 0.1) is 11.5 Å². The molecule has 0 aromatic carbocycles. The summed E-state index contributed by atoms with van der Waals surface area (Å²) in [6, 6.07) is 3.93. The monoisotopic (exact) mass is 263 g/mol. The maximum Gasteiger partial charge on any atom is 0.0683 e. The maximum atomic E-state index is 9.02. The highest BCUT2D eigenvalue weighted by atomic mass is 15.2. The van der Waals surface area contributed by atoms with Gasteiger partial charge in [-0.3, -0.25) is 4.90 Å². The van der Waals surface area contributed by atoms with Gasteiger partial charge in [-0.25, -0.2) is 0 Å². The Morgan fingerprint density at radius 2 is 2.11 bits per heavy atom. The van der Waals surface area contributed by atoms with E-state index in [4.69, 9.17) is 5.26 Å². The Balaban J connectivity index is 1.69. The van der Waals surface area contributed by atoms with E-state index in [9.17, 15) is 0 Å². The molecule has 2 heterocycles. The summed E-state index contributed by atoms with van der Waals surface area (Å²) in [5.41, 5.74) is -0.141. The molecule has 0 aromatic rings. The molecule has 3 heteroatoms. The van der Waals surface area contributed by atoms with E-state index < -0.39 is 0 Å². The van der Waals surface area contributed by atoms with Crippen molar-refractivity contribution in [2.24, 2.45) is 5.41 Å². The molecule has 2 aliphatic heterocycles. The molecule has 3 nitrogen and oxygen atoms in total. The van der Waals surface area contributed by atoms with Crippen molar-refractivity contribution in [3.05, 3.63) is 0 Å². The zero-order valence-corrected chi connectivity index (χ0v) is 12.6. The fourth-order valence-electron chi connectivity index (χ4n) is 3.56. The zero-order chi connectivity index (χ0) is 13.7. The van der Waals surface area contributed by atoms with Crippen molar-refractivity contribution in [1.82, 2.24) is 10.2 Å². The van der Waals surface area contributed by atoms with Gasteiger partial charge in [-0.2, -0.15) is 5.26 Å². The van der Waals surface area contributed by atoms with Gasteiger partial charge in [0.15, 0.2) is 0 Å². The topological polar surface area (TPSA) is 39.1 Å². The Morgan fingerprint density at radius 3 is 2.79 bits per heavy atom. The number of hydrogen-bond acceptors (Lipinski definition) is 3. The Bertz CT molecular complexity index is 312. The van der Waals surface area contributed by atoms with Gasteiger partial charge in [-0.1, -0.05) is 6.42 Å². The van der Waals surface area contributed by atoms with Crippen molar-refractivity contribution >= 4 is 0 Å². The van der Waals surface area contributed by atoms with E-state index in [1.807, 2.05) is 13.8 Å². The summed E-state index contributed by atoms with van der Waals surface area (Å²) in [5.74, 6) is 0. The van der Waals surface area contributed by atoms with Crippen molar-refractivity contribution in [2.75, 3.05) is 19.6 Å². The molecular formula is C16H29N3. The molecular weight excluding hydrogens is 234 g/mol. The highest BCUT2D eigenvalue weighted by Gasteiger charge is 2.32. The summed E-state index contributed by atoms with van der Waals surface area (Å²) in [7, 11) is 0. The second kappa shape index (κ2) is 6.72. The molecule has 0 spiro atoms. The van der Waals surface area contributed by atoms with Crippen LogP contribution in [0, 0.1) is 16.7 Å². The molecule has 2 aliphatic rings. The first kappa shape index (κ1) is 14.8. The lowest BCUT2D eigenvalue weighted by Crippen LogP contribution is -2.44. The van der Waals surface area contributed by atoms with Crippen LogP contribution in [0.25, 0.3) is 0 Å². The van der Waals surface area contributed by atoms with Crippen LogP contribution in [0.4, 0.5) is 0 Å². The van der Waals surface area contributed by atoms with E-state index in [1.165, 1.54) is 58.2 Å². The third kappa shape index (κ3) is 4.19. The van der Waals surface area contributed by atoms with E-state index in [-0.39, 0.29) is 5.41 Å². The van der Waals surface area contributed by atoms with E-state index in [2.05, 4.69) is 16.3 Å². The first-order chi connectivity index (χ1) is 9.12. The maximum absolute atomic E-state index is 9.02. The first-order valence-corrected chi connectivity index (χ1v) is 8.01. The third-order valence-electron chi connectivity index (χ3n) is 4.78. The van der Waals surface area contributed by atoms with Crippen LogP contribution >= 0.6 is 0 Å². The van der Waals surface area contributed by atoms with Gasteiger partial charge in [0.25, 0.3) is 0 Å².